The van der Waals surface area contributed by atoms with Gasteiger partial charge in [-0.3, -0.25) is 4.79 Å². The van der Waals surface area contributed by atoms with Crippen LogP contribution in [0.4, 0.5) is 22.4 Å². The molecule has 2 aromatic rings. The van der Waals surface area contributed by atoms with E-state index in [-0.39, 0.29) is 38.3 Å². The van der Waals surface area contributed by atoms with Crippen molar-refractivity contribution in [3.05, 3.63) is 74.2 Å². The van der Waals surface area contributed by atoms with Crippen molar-refractivity contribution >= 4 is 52.5 Å². The summed E-state index contributed by atoms with van der Waals surface area (Å²) in [5, 5.41) is -0.507. The molecule has 0 aliphatic carbocycles. The molecular weight excluding hydrogens is 533 g/mol. The lowest BCUT2D eigenvalue weighted by Crippen LogP contribution is -2.37. The molecule has 0 radical (unpaired) electrons. The van der Waals surface area contributed by atoms with E-state index in [1.165, 1.54) is 31.3 Å². The van der Waals surface area contributed by atoms with Crippen LogP contribution in [-0.2, 0) is 4.74 Å². The predicted octanol–water partition coefficient (Wildman–Crippen LogP) is 8.35. The molecule has 2 rings (SSSR count). The number of carbonyl (C=O) groups excluding carboxylic acids is 2. The number of ether oxygens (including phenoxy) is 1. The molecule has 0 saturated heterocycles. The van der Waals surface area contributed by atoms with Gasteiger partial charge in [0.05, 0.1) is 21.6 Å². The van der Waals surface area contributed by atoms with Gasteiger partial charge in [0.15, 0.2) is 5.78 Å². The molecule has 1 atom stereocenters. The number of hydrogen-bond acceptors (Lipinski definition) is 3. The molecular formula is C24H22Cl3F4NO3. The summed E-state index contributed by atoms with van der Waals surface area (Å²) in [6, 6.07) is 6.80. The van der Waals surface area contributed by atoms with Gasteiger partial charge in [0.1, 0.15) is 17.3 Å². The number of Topliss-reactive ketones (excluding diaryl/α,β-unsaturated/α-hetero) is 1. The summed E-state index contributed by atoms with van der Waals surface area (Å²) in [5.41, 5.74) is -1.16. The van der Waals surface area contributed by atoms with Crippen LogP contribution < -0.4 is 0 Å². The van der Waals surface area contributed by atoms with Gasteiger partial charge in [0.2, 0.25) is 0 Å². The van der Waals surface area contributed by atoms with E-state index in [9.17, 15) is 27.2 Å². The van der Waals surface area contributed by atoms with Crippen LogP contribution in [0.2, 0.25) is 15.1 Å². The van der Waals surface area contributed by atoms with E-state index in [1.807, 2.05) is 0 Å². The summed E-state index contributed by atoms with van der Waals surface area (Å²) >= 11 is 17.5. The zero-order chi connectivity index (χ0) is 26.7. The van der Waals surface area contributed by atoms with Crippen LogP contribution in [0.3, 0.4) is 0 Å². The van der Waals surface area contributed by atoms with Crippen LogP contribution in [0.1, 0.15) is 48.2 Å². The molecule has 35 heavy (non-hydrogen) atoms. The Morgan fingerprint density at radius 2 is 1.49 bits per heavy atom. The molecule has 2 aromatic carbocycles. The molecule has 11 heteroatoms. The topological polar surface area (TPSA) is 46.6 Å². The van der Waals surface area contributed by atoms with Crippen molar-refractivity contribution in [2.45, 2.75) is 38.5 Å². The van der Waals surface area contributed by atoms with Crippen molar-refractivity contribution in [3.63, 3.8) is 0 Å². The second kappa shape index (κ2) is 11.2. The molecule has 0 saturated carbocycles. The van der Waals surface area contributed by atoms with Crippen molar-refractivity contribution in [2.75, 3.05) is 13.6 Å². The number of carbonyl (C=O) groups is 2. The van der Waals surface area contributed by atoms with E-state index < -0.39 is 35.4 Å². The minimum atomic E-state index is -4.85. The summed E-state index contributed by atoms with van der Waals surface area (Å²) in [7, 11) is 1.38. The highest BCUT2D eigenvalue weighted by molar-refractivity contribution is 6.48. The highest BCUT2D eigenvalue weighted by atomic mass is 35.5. The maximum Gasteiger partial charge on any atom is 0.410 e. The van der Waals surface area contributed by atoms with Crippen LogP contribution in [0.15, 0.2) is 42.5 Å². The molecule has 0 fully saturated rings. The monoisotopic (exact) mass is 553 g/mol. The molecule has 190 valence electrons. The third kappa shape index (κ3) is 8.12. The first-order chi connectivity index (χ1) is 16.0. The molecule has 1 unspecified atom stereocenters. The van der Waals surface area contributed by atoms with Crippen molar-refractivity contribution in [2.24, 2.45) is 0 Å². The van der Waals surface area contributed by atoms with Crippen molar-refractivity contribution in [3.8, 4) is 0 Å². The van der Waals surface area contributed by atoms with Crippen molar-refractivity contribution in [1.29, 1.82) is 0 Å². The molecule has 0 heterocycles. The van der Waals surface area contributed by atoms with Gasteiger partial charge in [0.25, 0.3) is 0 Å². The molecule has 0 spiro atoms. The van der Waals surface area contributed by atoms with Gasteiger partial charge in [-0.25, -0.2) is 9.18 Å². The SMILES string of the molecule is CN(CC(=O)c1ccc(/C(F)=C/C(c2cc(Cl)c(Cl)c(Cl)c2)C(F)(F)F)cc1)C(=O)OC(C)(C)C. The standard InChI is InChI=1S/C24H22Cl3F4NO3/c1-23(2,3)35-22(34)32(4)12-20(33)14-7-5-13(6-8-14)19(28)11-16(24(29,30)31)15-9-17(25)21(27)18(26)10-15/h5-11,16H,12H2,1-4H3/b19-11-. The zero-order valence-electron chi connectivity index (χ0n) is 19.1. The van der Waals surface area contributed by atoms with Crippen LogP contribution in [0, 0.1) is 0 Å². The van der Waals surface area contributed by atoms with Crippen LogP contribution in [-0.4, -0.2) is 42.1 Å². The van der Waals surface area contributed by atoms with Gasteiger partial charge < -0.3 is 9.64 Å². The zero-order valence-corrected chi connectivity index (χ0v) is 21.4. The highest BCUT2D eigenvalue weighted by Crippen LogP contribution is 2.42. The quantitative estimate of drug-likeness (QED) is 0.205. The van der Waals surface area contributed by atoms with Crippen LogP contribution in [0.25, 0.3) is 5.83 Å². The van der Waals surface area contributed by atoms with Crippen molar-refractivity contribution < 1.29 is 31.9 Å². The smallest absolute Gasteiger partial charge is 0.410 e. The number of allylic oxidation sites excluding steroid dienone is 1. The summed E-state index contributed by atoms with van der Waals surface area (Å²) in [6.07, 6.45) is -5.15. The minimum Gasteiger partial charge on any atom is -0.444 e. The Hall–Kier alpha value is -2.29. The maximum atomic E-state index is 14.8. The first-order valence-electron chi connectivity index (χ1n) is 10.2. The average Bonchev–Trinajstić information content (AvgIpc) is 2.73. The van der Waals surface area contributed by atoms with Gasteiger partial charge in [-0.05, 0) is 44.5 Å². The van der Waals surface area contributed by atoms with Gasteiger partial charge in [-0.2, -0.15) is 13.2 Å². The fourth-order valence-corrected chi connectivity index (χ4v) is 3.52. The van der Waals surface area contributed by atoms with E-state index in [4.69, 9.17) is 39.5 Å². The molecule has 0 bridgehead atoms. The number of benzene rings is 2. The van der Waals surface area contributed by atoms with Crippen molar-refractivity contribution in [1.82, 2.24) is 4.90 Å². The number of likely N-dealkylation sites (N-methyl/N-ethyl adjacent to an activating group) is 1. The summed E-state index contributed by atoms with van der Waals surface area (Å²) in [5.74, 6) is -3.98. The summed E-state index contributed by atoms with van der Waals surface area (Å²) in [4.78, 5) is 25.5. The lowest BCUT2D eigenvalue weighted by Gasteiger charge is -2.24. The third-order valence-electron chi connectivity index (χ3n) is 4.60. The highest BCUT2D eigenvalue weighted by Gasteiger charge is 2.40. The summed E-state index contributed by atoms with van der Waals surface area (Å²) < 4.78 is 61.0. The summed E-state index contributed by atoms with van der Waals surface area (Å²) in [6.45, 7) is 4.74. The van der Waals surface area contributed by atoms with E-state index in [0.29, 0.717) is 6.08 Å². The normalized spacial score (nSPS) is 13.4. The Morgan fingerprint density at radius 1 is 1.00 bits per heavy atom. The van der Waals surface area contributed by atoms with Crippen LogP contribution >= 0.6 is 34.8 Å². The van der Waals surface area contributed by atoms with Gasteiger partial charge in [-0.15, -0.1) is 0 Å². The Labute approximate surface area is 215 Å². The van der Waals surface area contributed by atoms with E-state index in [1.54, 1.807) is 20.8 Å². The Kier molecular flexibility index (Phi) is 9.25. The fraction of sp³-hybridized carbons (Fsp3) is 0.333. The number of rotatable bonds is 6. The molecule has 0 aliphatic rings. The number of nitrogens with zero attached hydrogens (tertiary/aromatic N) is 1. The number of amides is 1. The van der Waals surface area contributed by atoms with E-state index in [2.05, 4.69) is 0 Å². The van der Waals surface area contributed by atoms with E-state index >= 15 is 0 Å². The van der Waals surface area contributed by atoms with Gasteiger partial charge >= 0.3 is 12.3 Å². The Bertz CT molecular complexity index is 1100. The average molecular weight is 555 g/mol. The Morgan fingerprint density at radius 3 is 1.94 bits per heavy atom. The third-order valence-corrected chi connectivity index (χ3v) is 5.80. The lowest BCUT2D eigenvalue weighted by molar-refractivity contribution is -0.139. The first kappa shape index (κ1) is 28.9. The molecule has 0 aliphatic heterocycles. The number of ketones is 1. The number of halogens is 7. The largest absolute Gasteiger partial charge is 0.444 e. The second-order valence-electron chi connectivity index (χ2n) is 8.67. The minimum absolute atomic E-state index is 0.111. The number of alkyl halides is 3. The second-order valence-corrected chi connectivity index (χ2v) is 9.86. The first-order valence-corrected chi connectivity index (χ1v) is 11.3. The van der Waals surface area contributed by atoms with Gasteiger partial charge in [0, 0.05) is 18.2 Å². The van der Waals surface area contributed by atoms with E-state index in [0.717, 1.165) is 17.0 Å². The van der Waals surface area contributed by atoms with Crippen LogP contribution in [0.5, 0.6) is 0 Å². The molecule has 1 amide bonds. The lowest BCUT2D eigenvalue weighted by atomic mass is 9.96. The van der Waals surface area contributed by atoms with Gasteiger partial charge in [-0.1, -0.05) is 59.1 Å². The molecule has 4 nitrogen and oxygen atoms in total. The number of hydrogen-bond donors (Lipinski definition) is 0. The maximum absolute atomic E-state index is 14.8. The molecule has 0 N–H and O–H groups in total. The fourth-order valence-electron chi connectivity index (χ4n) is 2.90. The molecule has 0 aromatic heterocycles. The predicted molar refractivity (Wildman–Crippen MR) is 129 cm³/mol. The Balaban J connectivity index is 2.24.